The van der Waals surface area contributed by atoms with Gasteiger partial charge in [0.15, 0.2) is 6.04 Å². The third-order valence-corrected chi connectivity index (χ3v) is 6.30. The Kier molecular flexibility index (Phi) is 3.09. The van der Waals surface area contributed by atoms with E-state index in [1.54, 1.807) is 0 Å². The lowest BCUT2D eigenvalue weighted by Crippen LogP contribution is -2.59. The van der Waals surface area contributed by atoms with Crippen molar-refractivity contribution in [2.75, 3.05) is 0 Å². The normalized spacial score (nSPS) is 32.5. The van der Waals surface area contributed by atoms with Gasteiger partial charge in [0.25, 0.3) is 0 Å². The van der Waals surface area contributed by atoms with Gasteiger partial charge in [-0.15, -0.1) is 0 Å². The van der Waals surface area contributed by atoms with Crippen molar-refractivity contribution in [3.05, 3.63) is 35.4 Å². The van der Waals surface area contributed by atoms with Gasteiger partial charge in [0.05, 0.1) is 11.3 Å². The highest BCUT2D eigenvalue weighted by Crippen LogP contribution is 2.61. The fourth-order valence-electron chi connectivity index (χ4n) is 4.90. The predicted octanol–water partition coefficient (Wildman–Crippen LogP) is 4.46. The van der Waals surface area contributed by atoms with Crippen molar-refractivity contribution in [1.82, 2.24) is 0 Å². The van der Waals surface area contributed by atoms with Gasteiger partial charge in [-0.25, -0.2) is 0 Å². The SMILES string of the molecule is CC(C)C1=[N+](C(C)C)[C@@]2(C)C(C)(C)c3ccccc3[C@@]2(C)O1. The molecular formula is C20H30NO+. The molecule has 0 saturated carbocycles. The molecule has 2 heteroatoms. The summed E-state index contributed by atoms with van der Waals surface area (Å²) in [7, 11) is 0. The third-order valence-electron chi connectivity index (χ3n) is 6.30. The maximum Gasteiger partial charge on any atom is 0.340 e. The zero-order valence-electron chi connectivity index (χ0n) is 15.3. The molecule has 0 saturated heterocycles. The van der Waals surface area contributed by atoms with E-state index in [2.05, 4.69) is 84.2 Å². The first-order chi connectivity index (χ1) is 10.1. The van der Waals surface area contributed by atoms with Gasteiger partial charge in [-0.05, 0) is 54.0 Å². The lowest BCUT2D eigenvalue weighted by atomic mass is 9.68. The van der Waals surface area contributed by atoms with E-state index in [1.807, 2.05) is 0 Å². The van der Waals surface area contributed by atoms with Gasteiger partial charge in [-0.3, -0.25) is 0 Å². The standard InChI is InChI=1S/C20H30NO/c1-13(2)17-21(14(3)4)20(8)18(5,6)15-11-9-10-12-16(15)19(20,7)22-17/h9-14H,1-8H3/q+1/t19-,20+/m1/s1. The molecule has 1 aromatic carbocycles. The highest BCUT2D eigenvalue weighted by Gasteiger charge is 2.75. The van der Waals surface area contributed by atoms with Gasteiger partial charge >= 0.3 is 5.90 Å². The van der Waals surface area contributed by atoms with E-state index < -0.39 is 0 Å². The number of benzene rings is 1. The molecule has 0 N–H and O–H groups in total. The summed E-state index contributed by atoms with van der Waals surface area (Å²) in [6.07, 6.45) is 0. The molecule has 2 nitrogen and oxygen atoms in total. The Morgan fingerprint density at radius 1 is 0.909 bits per heavy atom. The predicted molar refractivity (Wildman–Crippen MR) is 91.6 cm³/mol. The van der Waals surface area contributed by atoms with E-state index in [9.17, 15) is 0 Å². The van der Waals surface area contributed by atoms with E-state index in [0.717, 1.165) is 5.90 Å². The van der Waals surface area contributed by atoms with Crippen LogP contribution < -0.4 is 0 Å². The summed E-state index contributed by atoms with van der Waals surface area (Å²) in [5.74, 6) is 1.53. The second-order valence-corrected chi connectivity index (χ2v) is 8.33. The van der Waals surface area contributed by atoms with Crippen LogP contribution in [-0.4, -0.2) is 22.1 Å². The summed E-state index contributed by atoms with van der Waals surface area (Å²) in [6.45, 7) is 18.4. The molecule has 0 spiro atoms. The minimum atomic E-state index is -0.295. The molecule has 1 aromatic rings. The highest BCUT2D eigenvalue weighted by molar-refractivity contribution is 5.77. The smallest absolute Gasteiger partial charge is 0.340 e. The van der Waals surface area contributed by atoms with Crippen molar-refractivity contribution in [1.29, 1.82) is 0 Å². The zero-order chi connectivity index (χ0) is 16.5. The Bertz CT molecular complexity index is 655. The minimum absolute atomic E-state index is 0.0270. The summed E-state index contributed by atoms with van der Waals surface area (Å²) in [5.41, 5.74) is 2.42. The van der Waals surface area contributed by atoms with Crippen molar-refractivity contribution < 1.29 is 9.31 Å². The first kappa shape index (κ1) is 15.6. The highest BCUT2D eigenvalue weighted by atomic mass is 16.5. The monoisotopic (exact) mass is 300 g/mol. The Morgan fingerprint density at radius 2 is 1.45 bits per heavy atom. The fourth-order valence-corrected chi connectivity index (χ4v) is 4.90. The largest absolute Gasteiger partial charge is 0.429 e. The second-order valence-electron chi connectivity index (χ2n) is 8.33. The molecular weight excluding hydrogens is 270 g/mol. The number of ether oxygens (including phenoxy) is 1. The van der Waals surface area contributed by atoms with Crippen LogP contribution in [0.3, 0.4) is 0 Å². The number of fused-ring (bicyclic) bond motifs is 3. The lowest BCUT2D eigenvalue weighted by Gasteiger charge is -2.39. The van der Waals surface area contributed by atoms with E-state index in [4.69, 9.17) is 4.74 Å². The molecule has 0 fully saturated rings. The van der Waals surface area contributed by atoms with E-state index >= 15 is 0 Å². The Morgan fingerprint density at radius 3 is 1.95 bits per heavy atom. The van der Waals surface area contributed by atoms with Crippen molar-refractivity contribution in [2.24, 2.45) is 5.92 Å². The van der Waals surface area contributed by atoms with Crippen LogP contribution in [0.15, 0.2) is 24.3 Å². The molecule has 0 radical (unpaired) electrons. The molecule has 1 heterocycles. The summed E-state index contributed by atoms with van der Waals surface area (Å²) >= 11 is 0. The molecule has 0 amide bonds. The van der Waals surface area contributed by atoms with Gasteiger partial charge in [-0.2, -0.15) is 4.58 Å². The van der Waals surface area contributed by atoms with Crippen LogP contribution in [0.25, 0.3) is 0 Å². The molecule has 1 aliphatic carbocycles. The Hall–Kier alpha value is -1.31. The zero-order valence-corrected chi connectivity index (χ0v) is 15.3. The van der Waals surface area contributed by atoms with Gasteiger partial charge < -0.3 is 4.74 Å². The summed E-state index contributed by atoms with van der Waals surface area (Å²) in [5, 5.41) is 0. The Labute approximate surface area is 135 Å². The first-order valence-corrected chi connectivity index (χ1v) is 8.54. The molecule has 0 unspecified atom stereocenters. The molecule has 2 aliphatic rings. The van der Waals surface area contributed by atoms with Gasteiger partial charge in [-0.1, -0.05) is 24.3 Å². The minimum Gasteiger partial charge on any atom is -0.429 e. The number of hydrogen-bond acceptors (Lipinski definition) is 1. The lowest BCUT2D eigenvalue weighted by molar-refractivity contribution is -0.642. The number of rotatable bonds is 2. The van der Waals surface area contributed by atoms with Gasteiger partial charge in [0.1, 0.15) is 0 Å². The van der Waals surface area contributed by atoms with Crippen LogP contribution in [0.4, 0.5) is 0 Å². The average Bonchev–Trinajstić information content (AvgIpc) is 2.76. The van der Waals surface area contributed by atoms with Gasteiger partial charge in [0, 0.05) is 12.5 Å². The first-order valence-electron chi connectivity index (χ1n) is 8.54. The molecule has 1 aliphatic heterocycles. The molecule has 120 valence electrons. The van der Waals surface area contributed by atoms with Crippen LogP contribution in [0.5, 0.6) is 0 Å². The van der Waals surface area contributed by atoms with Crippen LogP contribution >= 0.6 is 0 Å². The van der Waals surface area contributed by atoms with Gasteiger partial charge in [0.2, 0.25) is 11.1 Å². The molecule has 22 heavy (non-hydrogen) atoms. The maximum absolute atomic E-state index is 6.72. The Balaban J connectivity index is 2.35. The second kappa shape index (κ2) is 4.37. The summed E-state index contributed by atoms with van der Waals surface area (Å²) < 4.78 is 9.27. The van der Waals surface area contributed by atoms with Crippen molar-refractivity contribution >= 4 is 5.90 Å². The molecule has 3 rings (SSSR count). The van der Waals surface area contributed by atoms with Crippen molar-refractivity contribution in [2.45, 2.75) is 78.0 Å². The van der Waals surface area contributed by atoms with Crippen molar-refractivity contribution in [3.63, 3.8) is 0 Å². The molecule has 2 atom stereocenters. The topological polar surface area (TPSA) is 12.2 Å². The van der Waals surface area contributed by atoms with Crippen LogP contribution in [0, 0.1) is 5.92 Å². The van der Waals surface area contributed by atoms with E-state index in [1.165, 1.54) is 11.1 Å². The number of hydrogen-bond donors (Lipinski definition) is 0. The van der Waals surface area contributed by atoms with Crippen LogP contribution in [0.1, 0.15) is 66.5 Å². The quantitative estimate of drug-likeness (QED) is 0.735. The maximum atomic E-state index is 6.72. The summed E-state index contributed by atoms with van der Waals surface area (Å²) in [6, 6.07) is 9.24. The molecule has 0 bridgehead atoms. The van der Waals surface area contributed by atoms with Crippen LogP contribution in [0.2, 0.25) is 0 Å². The average molecular weight is 300 g/mol. The van der Waals surface area contributed by atoms with Crippen LogP contribution in [-0.2, 0) is 15.8 Å². The van der Waals surface area contributed by atoms with E-state index in [0.29, 0.717) is 12.0 Å². The van der Waals surface area contributed by atoms with Crippen molar-refractivity contribution in [3.8, 4) is 0 Å². The molecule has 0 aromatic heterocycles. The number of nitrogens with zero attached hydrogens (tertiary/aromatic N) is 1. The third kappa shape index (κ3) is 1.49. The summed E-state index contributed by atoms with van der Waals surface area (Å²) in [4.78, 5) is 0. The fraction of sp³-hybridized carbons (Fsp3) is 0.650. The van der Waals surface area contributed by atoms with E-state index in [-0.39, 0.29) is 16.6 Å².